The first-order valence-corrected chi connectivity index (χ1v) is 6.88. The minimum atomic E-state index is -0.0404. The average Bonchev–Trinajstić information content (AvgIpc) is 2.29. The fourth-order valence-corrected chi connectivity index (χ4v) is 2.97. The first-order valence-electron chi connectivity index (χ1n) is 6.88. The van der Waals surface area contributed by atoms with Gasteiger partial charge in [0.25, 0.3) is 0 Å². The van der Waals surface area contributed by atoms with E-state index in [1.54, 1.807) is 0 Å². The molecule has 0 spiro atoms. The summed E-state index contributed by atoms with van der Waals surface area (Å²) >= 11 is 0. The van der Waals surface area contributed by atoms with Crippen molar-refractivity contribution in [3.8, 4) is 0 Å². The molecule has 102 valence electrons. The number of ether oxygens (including phenoxy) is 2. The third-order valence-electron chi connectivity index (χ3n) is 3.98. The van der Waals surface area contributed by atoms with Gasteiger partial charge in [-0.2, -0.15) is 0 Å². The predicted octanol–water partition coefficient (Wildman–Crippen LogP) is 2.59. The highest BCUT2D eigenvalue weighted by molar-refractivity contribution is 4.96. The van der Waals surface area contributed by atoms with Gasteiger partial charge in [0.2, 0.25) is 0 Å². The summed E-state index contributed by atoms with van der Waals surface area (Å²) in [7, 11) is 3.85. The SMILES string of the molecule is CNC(COC(C)C)C1(OC)CCCC(C)C1. The topological polar surface area (TPSA) is 30.5 Å². The highest BCUT2D eigenvalue weighted by atomic mass is 16.5. The van der Waals surface area contributed by atoms with Gasteiger partial charge in [-0.25, -0.2) is 0 Å². The van der Waals surface area contributed by atoms with Gasteiger partial charge >= 0.3 is 0 Å². The van der Waals surface area contributed by atoms with Gasteiger partial charge in [0.05, 0.1) is 24.4 Å². The Bertz CT molecular complexity index is 220. The maximum atomic E-state index is 5.89. The van der Waals surface area contributed by atoms with E-state index in [2.05, 4.69) is 26.1 Å². The van der Waals surface area contributed by atoms with Crippen LogP contribution in [-0.2, 0) is 9.47 Å². The van der Waals surface area contributed by atoms with Crippen LogP contribution >= 0.6 is 0 Å². The number of nitrogens with one attached hydrogen (secondary N) is 1. The van der Waals surface area contributed by atoms with Crippen LogP contribution < -0.4 is 5.32 Å². The summed E-state index contributed by atoms with van der Waals surface area (Å²) < 4.78 is 11.7. The molecule has 0 radical (unpaired) electrons. The third-order valence-corrected chi connectivity index (χ3v) is 3.98. The zero-order valence-corrected chi connectivity index (χ0v) is 12.1. The first kappa shape index (κ1) is 14.9. The van der Waals surface area contributed by atoms with E-state index in [0.717, 1.165) is 25.4 Å². The lowest BCUT2D eigenvalue weighted by Gasteiger charge is -2.44. The van der Waals surface area contributed by atoms with Gasteiger partial charge in [-0.3, -0.25) is 0 Å². The van der Waals surface area contributed by atoms with Crippen LogP contribution in [0.15, 0.2) is 0 Å². The van der Waals surface area contributed by atoms with Gasteiger partial charge in [-0.1, -0.05) is 19.8 Å². The molecule has 3 nitrogen and oxygen atoms in total. The molecule has 3 atom stereocenters. The van der Waals surface area contributed by atoms with Crippen LogP contribution in [0.1, 0.15) is 46.5 Å². The van der Waals surface area contributed by atoms with E-state index >= 15 is 0 Å². The molecule has 0 heterocycles. The van der Waals surface area contributed by atoms with Crippen LogP contribution in [0.25, 0.3) is 0 Å². The molecule has 17 heavy (non-hydrogen) atoms. The van der Waals surface area contributed by atoms with Crippen LogP contribution in [0.4, 0.5) is 0 Å². The highest BCUT2D eigenvalue weighted by Crippen LogP contribution is 2.37. The largest absolute Gasteiger partial charge is 0.377 e. The Morgan fingerprint density at radius 2 is 2.12 bits per heavy atom. The maximum absolute atomic E-state index is 5.89. The van der Waals surface area contributed by atoms with Crippen molar-refractivity contribution in [2.24, 2.45) is 5.92 Å². The van der Waals surface area contributed by atoms with Crippen molar-refractivity contribution in [1.29, 1.82) is 0 Å². The van der Waals surface area contributed by atoms with Crippen molar-refractivity contribution in [2.45, 2.75) is 64.2 Å². The zero-order chi connectivity index (χ0) is 12.9. The molecule has 0 amide bonds. The molecule has 0 aromatic rings. The van der Waals surface area contributed by atoms with Crippen LogP contribution in [0.3, 0.4) is 0 Å². The van der Waals surface area contributed by atoms with E-state index in [1.807, 2.05) is 14.2 Å². The van der Waals surface area contributed by atoms with Gasteiger partial charge < -0.3 is 14.8 Å². The van der Waals surface area contributed by atoms with Crippen molar-refractivity contribution in [1.82, 2.24) is 5.32 Å². The van der Waals surface area contributed by atoms with Crippen molar-refractivity contribution >= 4 is 0 Å². The van der Waals surface area contributed by atoms with Crippen molar-refractivity contribution in [3.05, 3.63) is 0 Å². The number of methoxy groups -OCH3 is 1. The van der Waals surface area contributed by atoms with E-state index in [1.165, 1.54) is 12.8 Å². The molecule has 3 heteroatoms. The van der Waals surface area contributed by atoms with E-state index in [4.69, 9.17) is 9.47 Å². The summed E-state index contributed by atoms with van der Waals surface area (Å²) in [6.07, 6.45) is 5.14. The number of hydrogen-bond acceptors (Lipinski definition) is 3. The van der Waals surface area contributed by atoms with Crippen molar-refractivity contribution in [2.75, 3.05) is 20.8 Å². The summed E-state index contributed by atoms with van der Waals surface area (Å²) in [5.74, 6) is 0.749. The fraction of sp³-hybridized carbons (Fsp3) is 1.00. The van der Waals surface area contributed by atoms with Crippen molar-refractivity contribution < 1.29 is 9.47 Å². The molecule has 1 aliphatic rings. The molecule has 0 aromatic heterocycles. The average molecular weight is 243 g/mol. The quantitative estimate of drug-likeness (QED) is 0.778. The molecule has 1 N–H and O–H groups in total. The second-order valence-electron chi connectivity index (χ2n) is 5.69. The minimum absolute atomic E-state index is 0.0404. The standard InChI is InChI=1S/C14H29NO2/c1-11(2)17-10-13(15-4)14(16-5)8-6-7-12(3)9-14/h11-13,15H,6-10H2,1-5H3. The number of likely N-dealkylation sites (N-methyl/N-ethyl adjacent to an activating group) is 1. The Balaban J connectivity index is 2.66. The molecule has 0 bridgehead atoms. The molecule has 1 rings (SSSR count). The van der Waals surface area contributed by atoms with E-state index in [-0.39, 0.29) is 17.7 Å². The Kier molecular flexibility index (Phi) is 5.90. The minimum Gasteiger partial charge on any atom is -0.377 e. The molecular weight excluding hydrogens is 214 g/mol. The third kappa shape index (κ3) is 3.94. The highest BCUT2D eigenvalue weighted by Gasteiger charge is 2.41. The van der Waals surface area contributed by atoms with Crippen LogP contribution in [0, 0.1) is 5.92 Å². The summed E-state index contributed by atoms with van der Waals surface area (Å²) in [5, 5.41) is 3.39. The van der Waals surface area contributed by atoms with Crippen LogP contribution in [-0.4, -0.2) is 38.5 Å². The summed E-state index contributed by atoms with van der Waals surface area (Å²) in [5.41, 5.74) is -0.0404. The Morgan fingerprint density at radius 3 is 2.59 bits per heavy atom. The van der Waals surface area contributed by atoms with Crippen LogP contribution in [0.5, 0.6) is 0 Å². The molecule has 1 aliphatic carbocycles. The molecule has 0 aliphatic heterocycles. The lowest BCUT2D eigenvalue weighted by atomic mass is 9.74. The maximum Gasteiger partial charge on any atom is 0.0855 e. The number of rotatable bonds is 6. The van der Waals surface area contributed by atoms with Crippen LogP contribution in [0.2, 0.25) is 0 Å². The number of hydrogen-bond donors (Lipinski definition) is 1. The van der Waals surface area contributed by atoms with Gasteiger partial charge in [-0.05, 0) is 39.7 Å². The van der Waals surface area contributed by atoms with Gasteiger partial charge in [0, 0.05) is 7.11 Å². The summed E-state index contributed by atoms with van der Waals surface area (Å²) in [4.78, 5) is 0. The monoisotopic (exact) mass is 243 g/mol. The van der Waals surface area contributed by atoms with Gasteiger partial charge in [0.15, 0.2) is 0 Å². The Labute approximate surface area is 106 Å². The molecule has 0 saturated heterocycles. The first-order chi connectivity index (χ1) is 8.04. The van der Waals surface area contributed by atoms with E-state index < -0.39 is 0 Å². The van der Waals surface area contributed by atoms with Gasteiger partial charge in [0.1, 0.15) is 0 Å². The Hall–Kier alpha value is -0.120. The second kappa shape index (κ2) is 6.72. The molecule has 3 unspecified atom stereocenters. The van der Waals surface area contributed by atoms with E-state index in [9.17, 15) is 0 Å². The van der Waals surface area contributed by atoms with E-state index in [0.29, 0.717) is 0 Å². The lowest BCUT2D eigenvalue weighted by molar-refractivity contribution is -0.0994. The molecule has 0 aromatic carbocycles. The van der Waals surface area contributed by atoms with Crippen molar-refractivity contribution in [3.63, 3.8) is 0 Å². The predicted molar refractivity (Wildman–Crippen MR) is 71.3 cm³/mol. The normalized spacial score (nSPS) is 31.8. The summed E-state index contributed by atoms with van der Waals surface area (Å²) in [6.45, 7) is 7.21. The molecular formula is C14H29NO2. The zero-order valence-electron chi connectivity index (χ0n) is 12.1. The Morgan fingerprint density at radius 1 is 1.41 bits per heavy atom. The lowest BCUT2D eigenvalue weighted by Crippen LogP contribution is -2.55. The fourth-order valence-electron chi connectivity index (χ4n) is 2.97. The summed E-state index contributed by atoms with van der Waals surface area (Å²) in [6, 6.07) is 0.289. The molecule has 1 saturated carbocycles. The van der Waals surface area contributed by atoms with Gasteiger partial charge in [-0.15, -0.1) is 0 Å². The second-order valence-corrected chi connectivity index (χ2v) is 5.69. The smallest absolute Gasteiger partial charge is 0.0855 e. The molecule has 1 fully saturated rings.